The van der Waals surface area contributed by atoms with E-state index in [1.165, 1.54) is 30.0 Å². The van der Waals surface area contributed by atoms with Gasteiger partial charge in [0.1, 0.15) is 12.1 Å². The van der Waals surface area contributed by atoms with E-state index in [4.69, 9.17) is 0 Å². The van der Waals surface area contributed by atoms with Crippen molar-refractivity contribution in [3.63, 3.8) is 0 Å². The Labute approximate surface area is 110 Å². The first-order valence-electron chi connectivity index (χ1n) is 6.63. The second kappa shape index (κ2) is 4.65. The summed E-state index contributed by atoms with van der Waals surface area (Å²) in [6.45, 7) is 4.42. The molecule has 2 atom stereocenters. The number of H-pyrrole nitrogens is 1. The predicted molar refractivity (Wildman–Crippen MR) is 71.8 cm³/mol. The molecule has 0 radical (unpaired) electrons. The Balaban J connectivity index is 1.86. The molecule has 19 heavy (non-hydrogen) atoms. The molecule has 0 aliphatic carbocycles. The van der Waals surface area contributed by atoms with Crippen molar-refractivity contribution >= 4 is 11.5 Å². The summed E-state index contributed by atoms with van der Waals surface area (Å²) in [5, 5.41) is 8.57. The van der Waals surface area contributed by atoms with Crippen LogP contribution in [-0.4, -0.2) is 36.7 Å². The molecule has 1 saturated heterocycles. The molecule has 1 fully saturated rings. The summed E-state index contributed by atoms with van der Waals surface area (Å²) in [5.41, 5.74) is 3.63. The molecule has 2 aromatic rings. The SMILES string of the molecule is CC1CCCC(C)N1Nc1cc2n[nH]c(=O)n2cn1. The Bertz CT molecular complexity index is 622. The molecule has 1 aliphatic rings. The van der Waals surface area contributed by atoms with Gasteiger partial charge >= 0.3 is 5.69 Å². The highest BCUT2D eigenvalue weighted by Gasteiger charge is 2.24. The zero-order valence-electron chi connectivity index (χ0n) is 11.1. The Kier molecular flexibility index (Phi) is 2.98. The van der Waals surface area contributed by atoms with Crippen LogP contribution in [0, 0.1) is 0 Å². The number of fused-ring (bicyclic) bond motifs is 1. The molecule has 0 aromatic carbocycles. The van der Waals surface area contributed by atoms with Crippen LogP contribution in [0.25, 0.3) is 5.65 Å². The number of piperidine rings is 1. The molecule has 1 aliphatic heterocycles. The fourth-order valence-electron chi connectivity index (χ4n) is 2.64. The smallest absolute Gasteiger partial charge is 0.302 e. The highest BCUT2D eigenvalue weighted by Crippen LogP contribution is 2.22. The molecule has 3 heterocycles. The van der Waals surface area contributed by atoms with Crippen molar-refractivity contribution in [2.45, 2.75) is 45.2 Å². The monoisotopic (exact) mass is 262 g/mol. The summed E-state index contributed by atoms with van der Waals surface area (Å²) >= 11 is 0. The minimum atomic E-state index is -0.270. The van der Waals surface area contributed by atoms with Crippen molar-refractivity contribution in [2.24, 2.45) is 0 Å². The molecule has 2 aromatic heterocycles. The molecule has 2 N–H and O–H groups in total. The van der Waals surface area contributed by atoms with E-state index in [2.05, 4.69) is 39.5 Å². The molecule has 7 nitrogen and oxygen atoms in total. The Morgan fingerprint density at radius 2 is 2.11 bits per heavy atom. The van der Waals surface area contributed by atoms with Gasteiger partial charge in [0.05, 0.1) is 0 Å². The molecule has 0 amide bonds. The first-order chi connectivity index (χ1) is 9.15. The molecular weight excluding hydrogens is 244 g/mol. The summed E-state index contributed by atoms with van der Waals surface area (Å²) in [5.74, 6) is 0.715. The quantitative estimate of drug-likeness (QED) is 0.844. The van der Waals surface area contributed by atoms with E-state index in [1.54, 1.807) is 6.07 Å². The molecule has 3 rings (SSSR count). The minimum absolute atomic E-state index is 0.270. The lowest BCUT2D eigenvalue weighted by Crippen LogP contribution is -2.47. The molecule has 102 valence electrons. The summed E-state index contributed by atoms with van der Waals surface area (Å²) in [7, 11) is 0. The zero-order valence-corrected chi connectivity index (χ0v) is 11.1. The van der Waals surface area contributed by atoms with Gasteiger partial charge in [0.2, 0.25) is 0 Å². The van der Waals surface area contributed by atoms with Crippen molar-refractivity contribution in [3.05, 3.63) is 22.9 Å². The molecule has 2 unspecified atom stereocenters. The topological polar surface area (TPSA) is 78.3 Å². The third-order valence-corrected chi connectivity index (χ3v) is 3.75. The highest BCUT2D eigenvalue weighted by atomic mass is 16.1. The lowest BCUT2D eigenvalue weighted by molar-refractivity contribution is 0.135. The molecule has 0 saturated carbocycles. The van der Waals surface area contributed by atoms with Crippen LogP contribution in [0.4, 0.5) is 5.82 Å². The molecule has 7 heteroatoms. The van der Waals surface area contributed by atoms with Crippen molar-refractivity contribution in [2.75, 3.05) is 5.43 Å². The van der Waals surface area contributed by atoms with Gasteiger partial charge in [0.15, 0.2) is 5.65 Å². The number of hydrazine groups is 1. The lowest BCUT2D eigenvalue weighted by atomic mass is 10.00. The van der Waals surface area contributed by atoms with Gasteiger partial charge in [-0.3, -0.25) is 0 Å². The number of aromatic amines is 1. The van der Waals surface area contributed by atoms with E-state index in [1.807, 2.05) is 0 Å². The molecular formula is C12H18N6O. The van der Waals surface area contributed by atoms with Crippen LogP contribution in [0.15, 0.2) is 17.2 Å². The maximum absolute atomic E-state index is 11.4. The highest BCUT2D eigenvalue weighted by molar-refractivity contribution is 5.47. The summed E-state index contributed by atoms with van der Waals surface area (Å²) in [6, 6.07) is 2.72. The van der Waals surface area contributed by atoms with Crippen molar-refractivity contribution < 1.29 is 0 Å². The zero-order chi connectivity index (χ0) is 13.4. The molecule has 0 spiro atoms. The van der Waals surface area contributed by atoms with Gasteiger partial charge in [0, 0.05) is 18.2 Å². The number of hydrogen-bond acceptors (Lipinski definition) is 5. The average Bonchev–Trinajstić information content (AvgIpc) is 2.76. The maximum Gasteiger partial charge on any atom is 0.348 e. The van der Waals surface area contributed by atoms with Gasteiger partial charge < -0.3 is 5.43 Å². The van der Waals surface area contributed by atoms with Gasteiger partial charge in [-0.2, -0.15) is 5.10 Å². The minimum Gasteiger partial charge on any atom is -0.302 e. The standard InChI is InChI=1S/C12H18N6O/c1-8-4-3-5-9(2)18(8)16-10-6-11-14-15-12(19)17(11)7-13-10/h6-9,16H,3-5H2,1-2H3,(H,15,19). The Morgan fingerprint density at radius 1 is 1.37 bits per heavy atom. The summed E-state index contributed by atoms with van der Waals surface area (Å²) in [6.07, 6.45) is 5.12. The normalized spacial score (nSPS) is 24.7. The van der Waals surface area contributed by atoms with Gasteiger partial charge in [-0.15, -0.1) is 0 Å². The van der Waals surface area contributed by atoms with E-state index in [0.717, 1.165) is 0 Å². The van der Waals surface area contributed by atoms with Crippen LogP contribution in [0.2, 0.25) is 0 Å². The largest absolute Gasteiger partial charge is 0.348 e. The van der Waals surface area contributed by atoms with E-state index in [0.29, 0.717) is 23.5 Å². The van der Waals surface area contributed by atoms with Crippen LogP contribution < -0.4 is 11.1 Å². The maximum atomic E-state index is 11.4. The van der Waals surface area contributed by atoms with Crippen LogP contribution in [0.3, 0.4) is 0 Å². The van der Waals surface area contributed by atoms with E-state index in [9.17, 15) is 4.79 Å². The average molecular weight is 262 g/mol. The molecule has 0 bridgehead atoms. The van der Waals surface area contributed by atoms with Gasteiger partial charge in [0.25, 0.3) is 0 Å². The lowest BCUT2D eigenvalue weighted by Gasteiger charge is -2.39. The number of aromatic nitrogens is 4. The van der Waals surface area contributed by atoms with Gasteiger partial charge in [-0.25, -0.2) is 24.3 Å². The van der Waals surface area contributed by atoms with E-state index in [-0.39, 0.29) is 5.69 Å². The second-order valence-corrected chi connectivity index (χ2v) is 5.18. The number of nitrogens with zero attached hydrogens (tertiary/aromatic N) is 4. The van der Waals surface area contributed by atoms with Crippen molar-refractivity contribution in [1.82, 2.24) is 24.6 Å². The van der Waals surface area contributed by atoms with Crippen LogP contribution in [-0.2, 0) is 0 Å². The Morgan fingerprint density at radius 3 is 2.84 bits per heavy atom. The third kappa shape index (κ3) is 2.21. The number of rotatable bonds is 2. The second-order valence-electron chi connectivity index (χ2n) is 5.18. The fraction of sp³-hybridized carbons (Fsp3) is 0.583. The van der Waals surface area contributed by atoms with Crippen LogP contribution in [0.5, 0.6) is 0 Å². The van der Waals surface area contributed by atoms with Crippen molar-refractivity contribution in [3.8, 4) is 0 Å². The van der Waals surface area contributed by atoms with Gasteiger partial charge in [-0.1, -0.05) is 6.42 Å². The number of hydrogen-bond donors (Lipinski definition) is 2. The fourth-order valence-corrected chi connectivity index (χ4v) is 2.64. The third-order valence-electron chi connectivity index (χ3n) is 3.75. The summed E-state index contributed by atoms with van der Waals surface area (Å²) < 4.78 is 1.38. The van der Waals surface area contributed by atoms with Gasteiger partial charge in [-0.05, 0) is 26.7 Å². The Hall–Kier alpha value is -1.89. The van der Waals surface area contributed by atoms with E-state index < -0.39 is 0 Å². The first kappa shape index (κ1) is 12.2. The van der Waals surface area contributed by atoms with Crippen molar-refractivity contribution in [1.29, 1.82) is 0 Å². The number of anilines is 1. The van der Waals surface area contributed by atoms with Crippen LogP contribution >= 0.6 is 0 Å². The van der Waals surface area contributed by atoms with E-state index >= 15 is 0 Å². The van der Waals surface area contributed by atoms with Crippen LogP contribution in [0.1, 0.15) is 33.1 Å². The predicted octanol–water partition coefficient (Wildman–Crippen LogP) is 1.01. The number of nitrogens with one attached hydrogen (secondary N) is 2. The summed E-state index contributed by atoms with van der Waals surface area (Å²) in [4.78, 5) is 15.6. The first-order valence-corrected chi connectivity index (χ1v) is 6.63.